The largest absolute Gasteiger partial charge is 0.354 e. The van der Waals surface area contributed by atoms with E-state index in [9.17, 15) is 9.59 Å². The van der Waals surface area contributed by atoms with E-state index < -0.39 is 0 Å². The Balaban J connectivity index is 1.96. The molecule has 1 aromatic carbocycles. The molecule has 1 heterocycles. The lowest BCUT2D eigenvalue weighted by Gasteiger charge is -2.45. The normalized spacial score (nSPS) is 21.8. The number of halogens is 1. The van der Waals surface area contributed by atoms with Crippen molar-refractivity contribution in [3.8, 4) is 0 Å². The Labute approximate surface area is 174 Å². The molecule has 1 aliphatic rings. The maximum Gasteiger partial charge on any atom is 0.222 e. The zero-order valence-electron chi connectivity index (χ0n) is 17.7. The highest BCUT2D eigenvalue weighted by molar-refractivity contribution is 6.30. The lowest BCUT2D eigenvalue weighted by molar-refractivity contribution is -0.123. The van der Waals surface area contributed by atoms with E-state index in [1.165, 1.54) is 13.3 Å². The summed E-state index contributed by atoms with van der Waals surface area (Å²) in [4.78, 5) is 26.7. The number of nitrogens with zero attached hydrogens (tertiary/aromatic N) is 1. The van der Waals surface area contributed by atoms with Crippen molar-refractivity contribution in [2.24, 2.45) is 11.8 Å². The van der Waals surface area contributed by atoms with Crippen LogP contribution in [0.4, 0.5) is 0 Å². The number of carbonyl (C=O) groups is 2. The number of nitrogens with one attached hydrogen (secondary N) is 2. The molecule has 3 unspecified atom stereocenters. The van der Waals surface area contributed by atoms with Gasteiger partial charge in [0.15, 0.2) is 0 Å². The molecule has 28 heavy (non-hydrogen) atoms. The van der Waals surface area contributed by atoms with Crippen LogP contribution in [0.15, 0.2) is 24.3 Å². The van der Waals surface area contributed by atoms with Crippen molar-refractivity contribution < 1.29 is 9.59 Å². The molecule has 0 radical (unpaired) electrons. The van der Waals surface area contributed by atoms with Crippen LogP contribution in [0.5, 0.6) is 0 Å². The van der Waals surface area contributed by atoms with Crippen LogP contribution in [0.1, 0.15) is 59.1 Å². The average molecular weight is 408 g/mol. The number of likely N-dealkylation sites (tertiary alicyclic amines) is 1. The van der Waals surface area contributed by atoms with E-state index in [1.807, 2.05) is 12.1 Å². The summed E-state index contributed by atoms with van der Waals surface area (Å²) in [5, 5.41) is 6.57. The van der Waals surface area contributed by atoms with Crippen LogP contribution < -0.4 is 10.6 Å². The second-order valence-corrected chi connectivity index (χ2v) is 9.39. The highest BCUT2D eigenvalue weighted by Crippen LogP contribution is 2.27. The maximum atomic E-state index is 12.6. The highest BCUT2D eigenvalue weighted by atomic mass is 35.5. The Morgan fingerprint density at radius 2 is 1.75 bits per heavy atom. The number of benzene rings is 1. The molecule has 2 rings (SSSR count). The summed E-state index contributed by atoms with van der Waals surface area (Å²) < 4.78 is 0. The van der Waals surface area contributed by atoms with Gasteiger partial charge >= 0.3 is 0 Å². The van der Waals surface area contributed by atoms with Gasteiger partial charge in [-0.3, -0.25) is 14.5 Å². The summed E-state index contributed by atoms with van der Waals surface area (Å²) in [5.74, 6) is 1.12. The number of hydrogen-bond acceptors (Lipinski definition) is 3. The summed E-state index contributed by atoms with van der Waals surface area (Å²) in [5.41, 5.74) is 0.759. The summed E-state index contributed by atoms with van der Waals surface area (Å²) in [7, 11) is 0. The molecule has 0 aliphatic carbocycles. The van der Waals surface area contributed by atoms with Crippen LogP contribution in [0.25, 0.3) is 0 Å². The van der Waals surface area contributed by atoms with Crippen molar-refractivity contribution in [3.05, 3.63) is 34.9 Å². The molecule has 0 spiro atoms. The van der Waals surface area contributed by atoms with Gasteiger partial charge in [0, 0.05) is 37.1 Å². The predicted molar refractivity (Wildman–Crippen MR) is 114 cm³/mol. The predicted octanol–water partition coefficient (Wildman–Crippen LogP) is 3.78. The van der Waals surface area contributed by atoms with Crippen molar-refractivity contribution in [3.63, 3.8) is 0 Å². The number of hydrogen-bond donors (Lipinski definition) is 2. The van der Waals surface area contributed by atoms with E-state index >= 15 is 0 Å². The van der Waals surface area contributed by atoms with Crippen LogP contribution in [-0.2, 0) is 9.59 Å². The molecule has 6 heteroatoms. The van der Waals surface area contributed by atoms with E-state index in [1.54, 1.807) is 12.1 Å². The summed E-state index contributed by atoms with van der Waals surface area (Å²) in [6, 6.07) is 6.86. The molecule has 5 nitrogen and oxygen atoms in total. The topological polar surface area (TPSA) is 61.4 Å². The van der Waals surface area contributed by atoms with Crippen molar-refractivity contribution in [2.45, 2.75) is 59.0 Å². The minimum atomic E-state index is -0.368. The first-order chi connectivity index (χ1) is 13.1. The molecule has 0 bridgehead atoms. The first kappa shape index (κ1) is 22.7. The Bertz CT molecular complexity index is 665. The molecule has 3 atom stereocenters. The second-order valence-electron chi connectivity index (χ2n) is 8.95. The van der Waals surface area contributed by atoms with Gasteiger partial charge in [0.25, 0.3) is 0 Å². The fourth-order valence-corrected chi connectivity index (χ4v) is 4.16. The van der Waals surface area contributed by atoms with Crippen molar-refractivity contribution in [2.75, 3.05) is 19.6 Å². The lowest BCUT2D eigenvalue weighted by Crippen LogP contribution is -2.56. The Hall–Kier alpha value is -1.59. The SMILES string of the molecule is CC(=O)NC(CC(=O)NCC(C)(C)N1CC(C)CC(C)C1)c1ccc(Cl)cc1. The quantitative estimate of drug-likeness (QED) is 0.723. The van der Waals surface area contributed by atoms with E-state index in [0.717, 1.165) is 18.7 Å². The Morgan fingerprint density at radius 1 is 1.18 bits per heavy atom. The minimum Gasteiger partial charge on any atom is -0.354 e. The molecular weight excluding hydrogens is 374 g/mol. The summed E-state index contributed by atoms with van der Waals surface area (Å²) in [6.45, 7) is 13.1. The van der Waals surface area contributed by atoms with Crippen molar-refractivity contribution in [1.82, 2.24) is 15.5 Å². The average Bonchev–Trinajstić information content (AvgIpc) is 2.59. The third-order valence-electron chi connectivity index (χ3n) is 5.48. The van der Waals surface area contributed by atoms with E-state index in [4.69, 9.17) is 11.6 Å². The molecule has 1 aromatic rings. The van der Waals surface area contributed by atoms with Gasteiger partial charge in [-0.15, -0.1) is 0 Å². The van der Waals surface area contributed by atoms with Crippen molar-refractivity contribution >= 4 is 23.4 Å². The number of carbonyl (C=O) groups excluding carboxylic acids is 2. The standard InChI is InChI=1S/C22H34ClN3O2/c1-15-10-16(2)13-26(12-15)22(4,5)14-24-21(28)11-20(25-17(3)27)18-6-8-19(23)9-7-18/h6-9,15-16,20H,10-14H2,1-5H3,(H,24,28)(H,25,27). The van der Waals surface area contributed by atoms with Gasteiger partial charge in [-0.25, -0.2) is 0 Å². The van der Waals surface area contributed by atoms with Crippen molar-refractivity contribution in [1.29, 1.82) is 0 Å². The second kappa shape index (κ2) is 9.75. The van der Waals surface area contributed by atoms with Crippen LogP contribution in [-0.4, -0.2) is 41.9 Å². The molecule has 2 amide bonds. The zero-order valence-corrected chi connectivity index (χ0v) is 18.5. The molecular formula is C22H34ClN3O2. The molecule has 1 saturated heterocycles. The first-order valence-electron chi connectivity index (χ1n) is 10.1. The van der Waals surface area contributed by atoms with Gasteiger partial charge in [0.05, 0.1) is 12.5 Å². The van der Waals surface area contributed by atoms with Gasteiger partial charge < -0.3 is 10.6 Å². The van der Waals surface area contributed by atoms with Crippen LogP contribution >= 0.6 is 11.6 Å². The number of amides is 2. The smallest absolute Gasteiger partial charge is 0.222 e. The minimum absolute atomic E-state index is 0.0696. The fourth-order valence-electron chi connectivity index (χ4n) is 4.03. The molecule has 2 N–H and O–H groups in total. The summed E-state index contributed by atoms with van der Waals surface area (Å²) >= 11 is 5.95. The van der Waals surface area contributed by atoms with Gasteiger partial charge in [0.1, 0.15) is 0 Å². The first-order valence-corrected chi connectivity index (χ1v) is 10.5. The zero-order chi connectivity index (χ0) is 20.9. The van der Waals surface area contributed by atoms with Crippen LogP contribution in [0, 0.1) is 11.8 Å². The van der Waals surface area contributed by atoms with E-state index in [0.29, 0.717) is 23.4 Å². The molecule has 0 aromatic heterocycles. The number of piperidine rings is 1. The molecule has 0 saturated carbocycles. The lowest BCUT2D eigenvalue weighted by atomic mass is 9.88. The fraction of sp³-hybridized carbons (Fsp3) is 0.636. The van der Waals surface area contributed by atoms with Crippen LogP contribution in [0.3, 0.4) is 0 Å². The third kappa shape index (κ3) is 6.78. The molecule has 156 valence electrons. The Kier molecular flexibility index (Phi) is 7.90. The monoisotopic (exact) mass is 407 g/mol. The highest BCUT2D eigenvalue weighted by Gasteiger charge is 2.33. The number of rotatable bonds is 7. The Morgan fingerprint density at radius 3 is 2.29 bits per heavy atom. The van der Waals surface area contributed by atoms with Gasteiger partial charge in [-0.05, 0) is 49.8 Å². The summed E-state index contributed by atoms with van der Waals surface area (Å²) in [6.07, 6.45) is 1.46. The van der Waals surface area contributed by atoms with Gasteiger partial charge in [0.2, 0.25) is 11.8 Å². The molecule has 1 aliphatic heterocycles. The van der Waals surface area contributed by atoms with Gasteiger partial charge in [-0.1, -0.05) is 37.6 Å². The van der Waals surface area contributed by atoms with E-state index in [2.05, 4.69) is 43.2 Å². The maximum absolute atomic E-state index is 12.6. The van der Waals surface area contributed by atoms with Crippen LogP contribution in [0.2, 0.25) is 5.02 Å². The van der Waals surface area contributed by atoms with E-state index in [-0.39, 0.29) is 29.8 Å². The van der Waals surface area contributed by atoms with Gasteiger partial charge in [-0.2, -0.15) is 0 Å². The third-order valence-corrected chi connectivity index (χ3v) is 5.73. The molecule has 1 fully saturated rings.